The van der Waals surface area contributed by atoms with Crippen LogP contribution in [0.2, 0.25) is 0 Å². The van der Waals surface area contributed by atoms with Gasteiger partial charge in [-0.1, -0.05) is 6.08 Å². The van der Waals surface area contributed by atoms with E-state index in [0.29, 0.717) is 0 Å². The molecule has 0 saturated carbocycles. The van der Waals surface area contributed by atoms with Gasteiger partial charge in [-0.05, 0) is 38.0 Å². The van der Waals surface area contributed by atoms with Gasteiger partial charge in [0.25, 0.3) is 0 Å². The van der Waals surface area contributed by atoms with Crippen molar-refractivity contribution in [3.63, 3.8) is 0 Å². The molecular weight excluding hydrogens is 176 g/mol. The summed E-state index contributed by atoms with van der Waals surface area (Å²) in [6, 6.07) is 0. The van der Waals surface area contributed by atoms with Crippen molar-refractivity contribution >= 4 is 0 Å². The topological polar surface area (TPSA) is 18.5 Å². The van der Waals surface area contributed by atoms with Gasteiger partial charge in [0.05, 0.1) is 5.60 Å². The van der Waals surface area contributed by atoms with Crippen molar-refractivity contribution < 1.29 is 9.47 Å². The molecule has 0 aliphatic carbocycles. The largest absolute Gasteiger partial charge is 0.381 e. The third-order valence-electron chi connectivity index (χ3n) is 3.50. The van der Waals surface area contributed by atoms with Gasteiger partial charge in [-0.25, -0.2) is 0 Å². The Labute approximate surface area is 86.3 Å². The zero-order valence-electron chi connectivity index (χ0n) is 8.84. The second kappa shape index (κ2) is 4.45. The van der Waals surface area contributed by atoms with Crippen LogP contribution in [0.3, 0.4) is 0 Å². The van der Waals surface area contributed by atoms with E-state index in [1.54, 1.807) is 0 Å². The molecule has 2 heterocycles. The summed E-state index contributed by atoms with van der Waals surface area (Å²) in [4.78, 5) is 0. The molecule has 80 valence electrons. The number of rotatable bonds is 2. The van der Waals surface area contributed by atoms with Gasteiger partial charge in [-0.15, -0.1) is 6.58 Å². The van der Waals surface area contributed by atoms with E-state index in [-0.39, 0.29) is 5.60 Å². The summed E-state index contributed by atoms with van der Waals surface area (Å²) in [7, 11) is 0. The zero-order chi connectivity index (χ0) is 9.86. The SMILES string of the molecule is C=CCC1CCOC2(CCOCC2)C1. The van der Waals surface area contributed by atoms with Crippen LogP contribution in [0, 0.1) is 5.92 Å². The molecule has 2 fully saturated rings. The van der Waals surface area contributed by atoms with Crippen LogP contribution in [0.1, 0.15) is 32.1 Å². The Balaban J connectivity index is 1.94. The quantitative estimate of drug-likeness (QED) is 0.632. The molecule has 2 aliphatic rings. The van der Waals surface area contributed by atoms with Gasteiger partial charge in [0, 0.05) is 19.8 Å². The maximum absolute atomic E-state index is 5.97. The van der Waals surface area contributed by atoms with E-state index >= 15 is 0 Å². The second-order valence-electron chi connectivity index (χ2n) is 4.53. The van der Waals surface area contributed by atoms with E-state index in [1.807, 2.05) is 6.08 Å². The number of hydrogen-bond acceptors (Lipinski definition) is 2. The molecule has 2 rings (SSSR count). The Morgan fingerprint density at radius 2 is 2.07 bits per heavy atom. The highest BCUT2D eigenvalue weighted by molar-refractivity contribution is 4.90. The molecule has 2 nitrogen and oxygen atoms in total. The molecule has 0 radical (unpaired) electrons. The molecule has 0 aromatic rings. The third kappa shape index (κ3) is 2.18. The highest BCUT2D eigenvalue weighted by Crippen LogP contribution is 2.38. The average Bonchev–Trinajstić information content (AvgIpc) is 2.19. The van der Waals surface area contributed by atoms with Gasteiger partial charge in [0.2, 0.25) is 0 Å². The first-order chi connectivity index (χ1) is 6.85. The van der Waals surface area contributed by atoms with Gasteiger partial charge in [-0.3, -0.25) is 0 Å². The second-order valence-corrected chi connectivity index (χ2v) is 4.53. The van der Waals surface area contributed by atoms with Gasteiger partial charge in [0.1, 0.15) is 0 Å². The van der Waals surface area contributed by atoms with Crippen molar-refractivity contribution in [2.45, 2.75) is 37.7 Å². The molecule has 1 spiro atoms. The molecule has 2 heteroatoms. The first-order valence-electron chi connectivity index (χ1n) is 5.67. The van der Waals surface area contributed by atoms with Crippen molar-refractivity contribution in [1.29, 1.82) is 0 Å². The number of hydrogen-bond donors (Lipinski definition) is 0. The smallest absolute Gasteiger partial charge is 0.0729 e. The van der Waals surface area contributed by atoms with Crippen molar-refractivity contribution in [3.8, 4) is 0 Å². The van der Waals surface area contributed by atoms with Crippen LogP contribution >= 0.6 is 0 Å². The lowest BCUT2D eigenvalue weighted by Crippen LogP contribution is -2.44. The molecule has 2 aliphatic heterocycles. The Kier molecular flexibility index (Phi) is 3.24. The Hall–Kier alpha value is -0.340. The molecule has 1 unspecified atom stereocenters. The summed E-state index contributed by atoms with van der Waals surface area (Å²) in [6.07, 6.45) is 7.77. The number of allylic oxidation sites excluding steroid dienone is 1. The van der Waals surface area contributed by atoms with Crippen LogP contribution in [0.4, 0.5) is 0 Å². The molecule has 14 heavy (non-hydrogen) atoms. The molecule has 0 aromatic carbocycles. The predicted molar refractivity (Wildman–Crippen MR) is 56.3 cm³/mol. The van der Waals surface area contributed by atoms with Crippen LogP contribution in [0.25, 0.3) is 0 Å². The molecule has 0 amide bonds. The van der Waals surface area contributed by atoms with Gasteiger partial charge >= 0.3 is 0 Å². The Morgan fingerprint density at radius 3 is 2.79 bits per heavy atom. The Morgan fingerprint density at radius 1 is 1.29 bits per heavy atom. The fourth-order valence-corrected chi connectivity index (χ4v) is 2.66. The van der Waals surface area contributed by atoms with E-state index in [4.69, 9.17) is 9.47 Å². The summed E-state index contributed by atoms with van der Waals surface area (Å²) < 4.78 is 11.4. The Bertz CT molecular complexity index is 189. The van der Waals surface area contributed by atoms with Crippen molar-refractivity contribution in [2.24, 2.45) is 5.92 Å². The van der Waals surface area contributed by atoms with Crippen molar-refractivity contribution in [1.82, 2.24) is 0 Å². The lowest BCUT2D eigenvalue weighted by molar-refractivity contribution is -0.146. The highest BCUT2D eigenvalue weighted by atomic mass is 16.5. The first-order valence-corrected chi connectivity index (χ1v) is 5.67. The first kappa shape index (κ1) is 10.2. The van der Waals surface area contributed by atoms with Gasteiger partial charge in [0.15, 0.2) is 0 Å². The maximum atomic E-state index is 5.97. The lowest BCUT2D eigenvalue weighted by Gasteiger charge is -2.43. The highest BCUT2D eigenvalue weighted by Gasteiger charge is 2.38. The minimum absolute atomic E-state index is 0.157. The normalized spacial score (nSPS) is 31.6. The minimum atomic E-state index is 0.157. The van der Waals surface area contributed by atoms with E-state index < -0.39 is 0 Å². The molecule has 1 atom stereocenters. The fraction of sp³-hybridized carbons (Fsp3) is 0.833. The van der Waals surface area contributed by atoms with Crippen LogP contribution in [-0.2, 0) is 9.47 Å². The molecule has 0 bridgehead atoms. The third-order valence-corrected chi connectivity index (χ3v) is 3.50. The van der Waals surface area contributed by atoms with Gasteiger partial charge in [-0.2, -0.15) is 0 Å². The minimum Gasteiger partial charge on any atom is -0.381 e. The average molecular weight is 196 g/mol. The standard InChI is InChI=1S/C12H20O2/c1-2-3-11-4-7-14-12(10-11)5-8-13-9-6-12/h2,11H,1,3-10H2. The summed E-state index contributed by atoms with van der Waals surface area (Å²) in [5, 5.41) is 0. The zero-order valence-corrected chi connectivity index (χ0v) is 8.84. The van der Waals surface area contributed by atoms with E-state index in [1.165, 1.54) is 12.8 Å². The summed E-state index contributed by atoms with van der Waals surface area (Å²) >= 11 is 0. The molecule has 0 aromatic heterocycles. The van der Waals surface area contributed by atoms with Crippen LogP contribution < -0.4 is 0 Å². The lowest BCUT2D eigenvalue weighted by atomic mass is 9.79. The van der Waals surface area contributed by atoms with Crippen LogP contribution in [0.5, 0.6) is 0 Å². The monoisotopic (exact) mass is 196 g/mol. The summed E-state index contributed by atoms with van der Waals surface area (Å²) in [6.45, 7) is 6.50. The van der Waals surface area contributed by atoms with Crippen molar-refractivity contribution in [2.75, 3.05) is 19.8 Å². The van der Waals surface area contributed by atoms with E-state index in [9.17, 15) is 0 Å². The van der Waals surface area contributed by atoms with Crippen molar-refractivity contribution in [3.05, 3.63) is 12.7 Å². The van der Waals surface area contributed by atoms with E-state index in [2.05, 4.69) is 6.58 Å². The predicted octanol–water partition coefficient (Wildman–Crippen LogP) is 2.54. The number of ether oxygens (including phenoxy) is 2. The van der Waals surface area contributed by atoms with E-state index in [0.717, 1.165) is 45.0 Å². The summed E-state index contributed by atoms with van der Waals surface area (Å²) in [5.41, 5.74) is 0.157. The van der Waals surface area contributed by atoms with Crippen LogP contribution in [0.15, 0.2) is 12.7 Å². The molecular formula is C12H20O2. The van der Waals surface area contributed by atoms with Gasteiger partial charge < -0.3 is 9.47 Å². The van der Waals surface area contributed by atoms with Crippen LogP contribution in [-0.4, -0.2) is 25.4 Å². The molecule has 0 N–H and O–H groups in total. The fourth-order valence-electron chi connectivity index (χ4n) is 2.66. The summed E-state index contributed by atoms with van der Waals surface area (Å²) in [5.74, 6) is 0.791. The molecule has 2 saturated heterocycles. The maximum Gasteiger partial charge on any atom is 0.0729 e.